The second kappa shape index (κ2) is 7.30. The van der Waals surface area contributed by atoms with E-state index in [-0.39, 0.29) is 5.69 Å². The van der Waals surface area contributed by atoms with Gasteiger partial charge in [0.05, 0.1) is 0 Å². The second-order valence-electron chi connectivity index (χ2n) is 7.37. The number of amides is 1. The van der Waals surface area contributed by atoms with E-state index in [9.17, 15) is 35.2 Å². The van der Waals surface area contributed by atoms with E-state index in [0.717, 1.165) is 23.0 Å². The Hall–Kier alpha value is -2.54. The van der Waals surface area contributed by atoms with E-state index in [1.54, 1.807) is 0 Å². The average Bonchev–Trinajstić information content (AvgIpc) is 2.87. The lowest BCUT2D eigenvalue weighted by atomic mass is 9.76. The zero-order valence-electron chi connectivity index (χ0n) is 15.7. The van der Waals surface area contributed by atoms with Crippen LogP contribution >= 0.6 is 0 Å². The molecule has 0 radical (unpaired) electrons. The summed E-state index contributed by atoms with van der Waals surface area (Å²) in [6, 6.07) is 2.08. The molecule has 1 amide bonds. The summed E-state index contributed by atoms with van der Waals surface area (Å²) in [6.45, 7) is 1.26. The molecular weight excluding hydrogens is 435 g/mol. The van der Waals surface area contributed by atoms with Crippen molar-refractivity contribution in [1.82, 2.24) is 14.3 Å². The van der Waals surface area contributed by atoms with Gasteiger partial charge in [0.1, 0.15) is 16.3 Å². The fraction of sp³-hybridized carbons (Fsp3) is 0.412. The summed E-state index contributed by atoms with van der Waals surface area (Å²) >= 11 is 0. The fourth-order valence-electron chi connectivity index (χ4n) is 3.39. The quantitative estimate of drug-likeness (QED) is 0.659. The monoisotopic (exact) mass is 452 g/mol. The van der Waals surface area contributed by atoms with Crippen LogP contribution in [0.2, 0.25) is 0 Å². The summed E-state index contributed by atoms with van der Waals surface area (Å²) in [5.41, 5.74) is -2.85. The van der Waals surface area contributed by atoms with Crippen LogP contribution < -0.4 is 10.0 Å². The highest BCUT2D eigenvalue weighted by Gasteiger charge is 2.55. The number of aryl methyl sites for hydroxylation is 1. The largest absolute Gasteiger partial charge is 0.343 e. The molecule has 7 nitrogen and oxygen atoms in total. The highest BCUT2D eigenvalue weighted by Crippen LogP contribution is 2.46. The van der Waals surface area contributed by atoms with Gasteiger partial charge in [0.2, 0.25) is 10.0 Å². The second-order valence-corrected chi connectivity index (χ2v) is 9.02. The Morgan fingerprint density at radius 2 is 1.93 bits per heavy atom. The number of anilines is 1. The highest BCUT2D eigenvalue weighted by molar-refractivity contribution is 7.89. The standard InChI is InChI=1S/C17H17F5N4O3S/c1-16(7-17(21,22)8-16)25-30(28,29)11-6-26(2)13(12(11)18)15(27)24-9-3-4-23-10(5-9)14(19)20/h3-6,14,25H,7-8H2,1-2H3,(H,23,24,27). The zero-order chi connectivity index (χ0) is 22.5. The molecule has 1 fully saturated rings. The molecule has 1 aliphatic carbocycles. The maximum absolute atomic E-state index is 14.8. The van der Waals surface area contributed by atoms with Crippen molar-refractivity contribution in [1.29, 1.82) is 0 Å². The van der Waals surface area contributed by atoms with E-state index in [0.29, 0.717) is 0 Å². The first-order valence-corrected chi connectivity index (χ1v) is 10.0. The van der Waals surface area contributed by atoms with Crippen LogP contribution in [0.5, 0.6) is 0 Å². The maximum Gasteiger partial charge on any atom is 0.280 e. The Morgan fingerprint density at radius 3 is 2.50 bits per heavy atom. The summed E-state index contributed by atoms with van der Waals surface area (Å²) in [7, 11) is -3.35. The first kappa shape index (κ1) is 22.2. The van der Waals surface area contributed by atoms with Crippen molar-refractivity contribution >= 4 is 21.6 Å². The number of carbonyl (C=O) groups excluding carboxylic acids is 1. The number of hydrogen-bond acceptors (Lipinski definition) is 4. The van der Waals surface area contributed by atoms with Gasteiger partial charge in [0.15, 0.2) is 5.82 Å². The third kappa shape index (κ3) is 4.31. The molecule has 0 unspecified atom stereocenters. The Kier molecular flexibility index (Phi) is 5.39. The maximum atomic E-state index is 14.8. The smallest absolute Gasteiger partial charge is 0.280 e. The first-order chi connectivity index (χ1) is 13.7. The van der Waals surface area contributed by atoms with Crippen LogP contribution in [-0.4, -0.2) is 35.3 Å². The van der Waals surface area contributed by atoms with E-state index < -0.39 is 68.8 Å². The minimum atomic E-state index is -4.55. The fourth-order valence-corrected chi connectivity index (χ4v) is 4.93. The molecule has 0 aliphatic heterocycles. The van der Waals surface area contributed by atoms with Crippen LogP contribution in [0.1, 0.15) is 42.4 Å². The molecule has 30 heavy (non-hydrogen) atoms. The van der Waals surface area contributed by atoms with Crippen molar-refractivity contribution in [2.24, 2.45) is 7.05 Å². The van der Waals surface area contributed by atoms with Gasteiger partial charge in [-0.3, -0.25) is 9.78 Å². The normalized spacial score (nSPS) is 17.6. The van der Waals surface area contributed by atoms with Gasteiger partial charge >= 0.3 is 0 Å². The molecule has 2 heterocycles. The molecule has 0 aromatic carbocycles. The number of nitrogens with zero attached hydrogens (tertiary/aromatic N) is 2. The minimum Gasteiger partial charge on any atom is -0.343 e. The molecule has 1 saturated carbocycles. The molecule has 2 aromatic rings. The Morgan fingerprint density at radius 1 is 1.30 bits per heavy atom. The molecule has 0 spiro atoms. The van der Waals surface area contributed by atoms with Gasteiger partial charge in [0.25, 0.3) is 18.3 Å². The van der Waals surface area contributed by atoms with Crippen molar-refractivity contribution in [3.63, 3.8) is 0 Å². The van der Waals surface area contributed by atoms with Gasteiger partial charge < -0.3 is 9.88 Å². The Labute approximate surface area is 168 Å². The first-order valence-electron chi connectivity index (χ1n) is 8.55. The zero-order valence-corrected chi connectivity index (χ0v) is 16.5. The van der Waals surface area contributed by atoms with Gasteiger partial charge in [-0.1, -0.05) is 0 Å². The SMILES string of the molecule is Cn1cc(S(=O)(=O)NC2(C)CC(F)(F)C2)c(F)c1C(=O)Nc1ccnc(C(F)F)c1. The third-order valence-corrected chi connectivity index (χ3v) is 6.16. The molecule has 2 aromatic heterocycles. The summed E-state index contributed by atoms with van der Waals surface area (Å²) in [5.74, 6) is -5.51. The molecule has 0 atom stereocenters. The van der Waals surface area contributed by atoms with E-state index in [1.165, 1.54) is 20.0 Å². The predicted molar refractivity (Wildman–Crippen MR) is 95.4 cm³/mol. The number of carbonyl (C=O) groups is 1. The number of halogens is 5. The van der Waals surface area contributed by atoms with E-state index in [2.05, 4.69) is 10.3 Å². The average molecular weight is 452 g/mol. The summed E-state index contributed by atoms with van der Waals surface area (Å²) in [6.07, 6.45) is -2.53. The van der Waals surface area contributed by atoms with Crippen molar-refractivity contribution < 1.29 is 35.2 Å². The molecule has 1 aliphatic rings. The van der Waals surface area contributed by atoms with Crippen LogP contribution in [0.15, 0.2) is 29.4 Å². The van der Waals surface area contributed by atoms with Crippen LogP contribution in [-0.2, 0) is 17.1 Å². The molecule has 3 rings (SSSR count). The molecule has 13 heteroatoms. The number of aromatic nitrogens is 2. The lowest BCUT2D eigenvalue weighted by Crippen LogP contribution is -2.60. The van der Waals surface area contributed by atoms with Crippen LogP contribution in [0.3, 0.4) is 0 Å². The van der Waals surface area contributed by atoms with E-state index in [1.807, 2.05) is 4.72 Å². The number of nitrogens with one attached hydrogen (secondary N) is 2. The van der Waals surface area contributed by atoms with Crippen LogP contribution in [0.4, 0.5) is 27.6 Å². The number of pyridine rings is 1. The van der Waals surface area contributed by atoms with Crippen molar-refractivity contribution in [2.45, 2.75) is 42.5 Å². The molecule has 0 saturated heterocycles. The van der Waals surface area contributed by atoms with E-state index in [4.69, 9.17) is 0 Å². The van der Waals surface area contributed by atoms with Crippen molar-refractivity contribution in [3.8, 4) is 0 Å². The predicted octanol–water partition coefficient (Wildman–Crippen LogP) is 3.22. The van der Waals surface area contributed by atoms with Gasteiger partial charge in [-0.2, -0.15) is 0 Å². The number of rotatable bonds is 6. The lowest BCUT2D eigenvalue weighted by molar-refractivity contribution is -0.121. The van der Waals surface area contributed by atoms with Crippen molar-refractivity contribution in [3.05, 3.63) is 41.7 Å². The summed E-state index contributed by atoms with van der Waals surface area (Å²) in [5, 5.41) is 2.19. The molecule has 2 N–H and O–H groups in total. The summed E-state index contributed by atoms with van der Waals surface area (Å²) in [4.78, 5) is 15.0. The topological polar surface area (TPSA) is 93.1 Å². The number of sulfonamides is 1. The minimum absolute atomic E-state index is 0.0994. The van der Waals surface area contributed by atoms with Crippen LogP contribution in [0, 0.1) is 5.82 Å². The Balaban J connectivity index is 1.85. The number of hydrogen-bond donors (Lipinski definition) is 2. The number of alkyl halides is 4. The summed E-state index contributed by atoms with van der Waals surface area (Å²) < 4.78 is 94.5. The van der Waals surface area contributed by atoms with Gasteiger partial charge in [0, 0.05) is 43.5 Å². The van der Waals surface area contributed by atoms with Crippen LogP contribution in [0.25, 0.3) is 0 Å². The van der Waals surface area contributed by atoms with Gasteiger partial charge in [-0.15, -0.1) is 0 Å². The van der Waals surface area contributed by atoms with E-state index >= 15 is 0 Å². The molecular formula is C17H17F5N4O3S. The molecule has 0 bridgehead atoms. The molecule has 164 valence electrons. The Bertz CT molecular complexity index is 1090. The van der Waals surface area contributed by atoms with Gasteiger partial charge in [-0.25, -0.2) is 35.1 Å². The lowest BCUT2D eigenvalue weighted by Gasteiger charge is -2.44. The third-order valence-electron chi connectivity index (χ3n) is 4.53. The van der Waals surface area contributed by atoms with Gasteiger partial charge in [-0.05, 0) is 19.1 Å². The van der Waals surface area contributed by atoms with Crippen molar-refractivity contribution in [2.75, 3.05) is 5.32 Å². The highest BCUT2D eigenvalue weighted by atomic mass is 32.2.